The highest BCUT2D eigenvalue weighted by atomic mass is 79.9. The maximum Gasteiger partial charge on any atom is 0.216 e. The molecule has 0 spiro atoms. The Hall–Kier alpha value is -0.440. The SMILES string of the molecule is Cc1ccc(Br)nc1F. The van der Waals surface area contributed by atoms with Crippen molar-refractivity contribution in [2.45, 2.75) is 6.92 Å². The number of pyridine rings is 1. The number of nitrogens with zero attached hydrogens (tertiary/aromatic N) is 1. The molecule has 0 aromatic carbocycles. The molecule has 3 heteroatoms. The molecule has 1 nitrogen and oxygen atoms in total. The molecule has 0 unspecified atom stereocenters. The maximum atomic E-state index is 12.4. The average Bonchev–Trinajstić information content (AvgIpc) is 1.80. The summed E-state index contributed by atoms with van der Waals surface area (Å²) in [5.74, 6) is -0.413. The van der Waals surface area contributed by atoms with Crippen LogP contribution in [0, 0.1) is 12.9 Å². The van der Waals surface area contributed by atoms with Gasteiger partial charge in [0.1, 0.15) is 4.60 Å². The van der Waals surface area contributed by atoms with Gasteiger partial charge in [0.15, 0.2) is 0 Å². The third kappa shape index (κ3) is 1.48. The minimum Gasteiger partial charge on any atom is -0.212 e. The summed E-state index contributed by atoms with van der Waals surface area (Å²) >= 11 is 3.05. The molecule has 1 heterocycles. The Morgan fingerprint density at radius 3 is 2.67 bits per heavy atom. The molecule has 0 aliphatic heterocycles. The van der Waals surface area contributed by atoms with E-state index in [1.807, 2.05) is 0 Å². The van der Waals surface area contributed by atoms with Crippen molar-refractivity contribution in [3.05, 3.63) is 28.2 Å². The Labute approximate surface area is 61.0 Å². The van der Waals surface area contributed by atoms with Crippen molar-refractivity contribution in [3.8, 4) is 0 Å². The Morgan fingerprint density at radius 2 is 2.22 bits per heavy atom. The van der Waals surface area contributed by atoms with Crippen molar-refractivity contribution < 1.29 is 4.39 Å². The second-order valence-corrected chi connectivity index (χ2v) is 2.55. The molecule has 48 valence electrons. The molecule has 0 bridgehead atoms. The molecular formula is C6H5BrFN. The summed E-state index contributed by atoms with van der Waals surface area (Å²) in [6, 6.07) is 3.38. The van der Waals surface area contributed by atoms with Gasteiger partial charge in [0, 0.05) is 5.56 Å². The first-order valence-electron chi connectivity index (χ1n) is 2.49. The second-order valence-electron chi connectivity index (χ2n) is 1.74. The fourth-order valence-corrected chi connectivity index (χ4v) is 0.770. The predicted octanol–water partition coefficient (Wildman–Crippen LogP) is 2.29. The van der Waals surface area contributed by atoms with Gasteiger partial charge in [0.25, 0.3) is 0 Å². The summed E-state index contributed by atoms with van der Waals surface area (Å²) in [5.41, 5.74) is 0.568. The molecule has 0 fully saturated rings. The van der Waals surface area contributed by atoms with Crippen molar-refractivity contribution in [1.29, 1.82) is 0 Å². The van der Waals surface area contributed by atoms with Gasteiger partial charge in [-0.05, 0) is 28.9 Å². The number of aromatic nitrogens is 1. The third-order valence-corrected chi connectivity index (χ3v) is 1.44. The smallest absolute Gasteiger partial charge is 0.212 e. The van der Waals surface area contributed by atoms with E-state index in [9.17, 15) is 4.39 Å². The van der Waals surface area contributed by atoms with Gasteiger partial charge in [-0.15, -0.1) is 0 Å². The number of halogens is 2. The standard InChI is InChI=1S/C6H5BrFN/c1-4-2-3-5(7)9-6(4)8/h2-3H,1H3. The highest BCUT2D eigenvalue weighted by Crippen LogP contribution is 2.08. The van der Waals surface area contributed by atoms with Gasteiger partial charge in [-0.25, -0.2) is 4.98 Å². The summed E-state index contributed by atoms with van der Waals surface area (Å²) < 4.78 is 13.0. The highest BCUT2D eigenvalue weighted by molar-refractivity contribution is 9.10. The molecule has 0 saturated heterocycles. The van der Waals surface area contributed by atoms with Crippen LogP contribution in [-0.2, 0) is 0 Å². The van der Waals surface area contributed by atoms with Crippen LogP contribution in [-0.4, -0.2) is 4.98 Å². The van der Waals surface area contributed by atoms with E-state index >= 15 is 0 Å². The van der Waals surface area contributed by atoms with Crippen LogP contribution in [0.2, 0.25) is 0 Å². The number of aryl methyl sites for hydroxylation is 1. The van der Waals surface area contributed by atoms with Crippen molar-refractivity contribution in [1.82, 2.24) is 4.98 Å². The van der Waals surface area contributed by atoms with E-state index in [-0.39, 0.29) is 0 Å². The minimum atomic E-state index is -0.413. The first-order chi connectivity index (χ1) is 4.20. The molecule has 1 aromatic heterocycles. The molecule has 9 heavy (non-hydrogen) atoms. The largest absolute Gasteiger partial charge is 0.216 e. The van der Waals surface area contributed by atoms with Crippen LogP contribution >= 0.6 is 15.9 Å². The number of hydrogen-bond donors (Lipinski definition) is 0. The van der Waals surface area contributed by atoms with E-state index in [0.717, 1.165) is 0 Å². The third-order valence-electron chi connectivity index (χ3n) is 1.00. The van der Waals surface area contributed by atoms with E-state index in [1.165, 1.54) is 0 Å². The first kappa shape index (κ1) is 6.68. The van der Waals surface area contributed by atoms with Crippen LogP contribution < -0.4 is 0 Å². The van der Waals surface area contributed by atoms with Crippen LogP contribution in [0.1, 0.15) is 5.56 Å². The van der Waals surface area contributed by atoms with Gasteiger partial charge in [-0.3, -0.25) is 0 Å². The fraction of sp³-hybridized carbons (Fsp3) is 0.167. The zero-order valence-corrected chi connectivity index (χ0v) is 6.44. The lowest BCUT2D eigenvalue weighted by molar-refractivity contribution is 0.571. The molecule has 0 atom stereocenters. The summed E-state index contributed by atoms with van der Waals surface area (Å²) in [5, 5.41) is 0. The highest BCUT2D eigenvalue weighted by Gasteiger charge is 1.96. The number of hydrogen-bond acceptors (Lipinski definition) is 1. The topological polar surface area (TPSA) is 12.9 Å². The normalized spacial score (nSPS) is 9.67. The summed E-state index contributed by atoms with van der Waals surface area (Å²) in [7, 11) is 0. The fourth-order valence-electron chi connectivity index (χ4n) is 0.482. The molecule has 0 amide bonds. The van der Waals surface area contributed by atoms with Crippen LogP contribution in [0.5, 0.6) is 0 Å². The zero-order chi connectivity index (χ0) is 6.85. The van der Waals surface area contributed by atoms with E-state index in [1.54, 1.807) is 19.1 Å². The number of rotatable bonds is 0. The maximum absolute atomic E-state index is 12.4. The zero-order valence-electron chi connectivity index (χ0n) is 4.86. The molecule has 1 rings (SSSR count). The Bertz CT molecular complexity index is 224. The molecular weight excluding hydrogens is 185 g/mol. The summed E-state index contributed by atoms with van der Waals surface area (Å²) in [4.78, 5) is 3.52. The molecule has 1 aromatic rings. The summed E-state index contributed by atoms with van der Waals surface area (Å²) in [6.07, 6.45) is 0. The van der Waals surface area contributed by atoms with Crippen molar-refractivity contribution in [3.63, 3.8) is 0 Å². The van der Waals surface area contributed by atoms with Gasteiger partial charge in [-0.2, -0.15) is 4.39 Å². The minimum absolute atomic E-state index is 0.413. The van der Waals surface area contributed by atoms with Crippen molar-refractivity contribution >= 4 is 15.9 Å². The Morgan fingerprint density at radius 1 is 1.56 bits per heavy atom. The Balaban J connectivity index is 3.17. The van der Waals surface area contributed by atoms with Crippen molar-refractivity contribution in [2.24, 2.45) is 0 Å². The Kier molecular flexibility index (Phi) is 1.81. The molecule has 0 N–H and O–H groups in total. The van der Waals surface area contributed by atoms with Crippen molar-refractivity contribution in [2.75, 3.05) is 0 Å². The van der Waals surface area contributed by atoms with Crippen LogP contribution in [0.4, 0.5) is 4.39 Å². The second kappa shape index (κ2) is 2.43. The van der Waals surface area contributed by atoms with Crippen LogP contribution in [0.25, 0.3) is 0 Å². The lowest BCUT2D eigenvalue weighted by atomic mass is 10.3. The predicted molar refractivity (Wildman–Crippen MR) is 36.6 cm³/mol. The van der Waals surface area contributed by atoms with E-state index in [4.69, 9.17) is 0 Å². The lowest BCUT2D eigenvalue weighted by Gasteiger charge is -1.92. The monoisotopic (exact) mass is 189 g/mol. The summed E-state index contributed by atoms with van der Waals surface area (Å²) in [6.45, 7) is 1.68. The average molecular weight is 190 g/mol. The van der Waals surface area contributed by atoms with Crippen LogP contribution in [0.3, 0.4) is 0 Å². The first-order valence-corrected chi connectivity index (χ1v) is 3.28. The van der Waals surface area contributed by atoms with Gasteiger partial charge < -0.3 is 0 Å². The molecule has 0 aliphatic carbocycles. The molecule has 0 radical (unpaired) electrons. The van der Waals surface area contributed by atoms with Gasteiger partial charge in [0.05, 0.1) is 0 Å². The lowest BCUT2D eigenvalue weighted by Crippen LogP contribution is -1.86. The van der Waals surface area contributed by atoms with E-state index in [0.29, 0.717) is 10.2 Å². The quantitative estimate of drug-likeness (QED) is 0.572. The van der Waals surface area contributed by atoms with Gasteiger partial charge >= 0.3 is 0 Å². The van der Waals surface area contributed by atoms with Gasteiger partial charge in [-0.1, -0.05) is 6.07 Å². The van der Waals surface area contributed by atoms with E-state index < -0.39 is 5.95 Å². The van der Waals surface area contributed by atoms with E-state index in [2.05, 4.69) is 20.9 Å². The molecule has 0 saturated carbocycles. The van der Waals surface area contributed by atoms with Crippen LogP contribution in [0.15, 0.2) is 16.7 Å². The molecule has 0 aliphatic rings. The van der Waals surface area contributed by atoms with Gasteiger partial charge in [0.2, 0.25) is 5.95 Å².